The molecule has 1 aromatic carbocycles. The predicted molar refractivity (Wildman–Crippen MR) is 133 cm³/mol. The summed E-state index contributed by atoms with van der Waals surface area (Å²) in [5, 5.41) is 10.0. The van der Waals surface area contributed by atoms with Crippen molar-refractivity contribution in [2.75, 3.05) is 54.2 Å². The Morgan fingerprint density at radius 3 is 2.47 bits per heavy atom. The lowest BCUT2D eigenvalue weighted by Gasteiger charge is -2.29. The highest BCUT2D eigenvalue weighted by Gasteiger charge is 2.37. The Morgan fingerprint density at radius 1 is 1.11 bits per heavy atom. The summed E-state index contributed by atoms with van der Waals surface area (Å²) in [7, 11) is 4.53. The first-order valence-corrected chi connectivity index (χ1v) is 11.9. The molecule has 192 valence electrons. The molecular weight excluding hydrogens is 464 g/mol. The number of nitrogens with zero attached hydrogens (tertiary/aromatic N) is 3. The van der Waals surface area contributed by atoms with Crippen LogP contribution in [0.4, 0.5) is 0 Å². The molecule has 1 fully saturated rings. The normalized spacial score (nSPS) is 17.7. The van der Waals surface area contributed by atoms with E-state index >= 15 is 0 Å². The van der Waals surface area contributed by atoms with Gasteiger partial charge in [-0.25, -0.2) is 0 Å². The van der Waals surface area contributed by atoms with E-state index in [1.54, 1.807) is 22.8 Å². The monoisotopic (exact) mass is 496 g/mol. The van der Waals surface area contributed by atoms with Crippen LogP contribution in [0.5, 0.6) is 23.0 Å². The van der Waals surface area contributed by atoms with Crippen molar-refractivity contribution in [2.45, 2.75) is 25.8 Å². The van der Waals surface area contributed by atoms with Gasteiger partial charge in [0.15, 0.2) is 11.5 Å². The van der Waals surface area contributed by atoms with Crippen LogP contribution in [0.2, 0.25) is 0 Å². The highest BCUT2D eigenvalue weighted by molar-refractivity contribution is 5.64. The van der Waals surface area contributed by atoms with Gasteiger partial charge in [-0.15, -0.1) is 0 Å². The summed E-state index contributed by atoms with van der Waals surface area (Å²) in [6.45, 7) is 6.51. The molecule has 2 aromatic rings. The summed E-state index contributed by atoms with van der Waals surface area (Å²) in [5.74, 6) is 0.668. The van der Waals surface area contributed by atoms with Gasteiger partial charge >= 0.3 is 0 Å². The SMILES string of the molecule is COc1ccc(C2C(C#N)=C(N)Oc3cc(C)n(CCCN4CCOCC4)c(=O)c32)c(OC)c1OC. The quantitative estimate of drug-likeness (QED) is 0.586. The summed E-state index contributed by atoms with van der Waals surface area (Å²) in [4.78, 5) is 16.3. The molecule has 1 saturated heterocycles. The minimum atomic E-state index is -0.799. The van der Waals surface area contributed by atoms with Crippen LogP contribution in [-0.2, 0) is 11.3 Å². The fourth-order valence-corrected chi connectivity index (χ4v) is 4.90. The number of nitrogens with two attached hydrogens (primary N) is 1. The number of hydrogen-bond acceptors (Lipinski definition) is 9. The van der Waals surface area contributed by atoms with E-state index in [9.17, 15) is 10.1 Å². The van der Waals surface area contributed by atoms with Gasteiger partial charge < -0.3 is 34.0 Å². The zero-order chi connectivity index (χ0) is 25.8. The Hall–Kier alpha value is -3.68. The first kappa shape index (κ1) is 25.4. The summed E-state index contributed by atoms with van der Waals surface area (Å²) in [5.41, 5.74) is 7.72. The van der Waals surface area contributed by atoms with Crippen LogP contribution in [0, 0.1) is 18.3 Å². The molecule has 0 spiro atoms. The lowest BCUT2D eigenvalue weighted by molar-refractivity contribution is 0.0369. The van der Waals surface area contributed by atoms with Crippen LogP contribution >= 0.6 is 0 Å². The molecule has 1 aromatic heterocycles. The molecule has 1 atom stereocenters. The maximum absolute atomic E-state index is 13.9. The van der Waals surface area contributed by atoms with Gasteiger partial charge in [0, 0.05) is 43.5 Å². The van der Waals surface area contributed by atoms with Gasteiger partial charge in [0.25, 0.3) is 5.56 Å². The number of ether oxygens (including phenoxy) is 5. The van der Waals surface area contributed by atoms with Gasteiger partial charge in [-0.1, -0.05) is 6.07 Å². The average Bonchev–Trinajstić information content (AvgIpc) is 2.89. The molecule has 2 aliphatic rings. The van der Waals surface area contributed by atoms with Crippen molar-refractivity contribution in [1.29, 1.82) is 5.26 Å². The third-order valence-corrected chi connectivity index (χ3v) is 6.70. The lowest BCUT2D eigenvalue weighted by atomic mass is 9.83. The van der Waals surface area contributed by atoms with Gasteiger partial charge in [0.2, 0.25) is 11.6 Å². The van der Waals surface area contributed by atoms with Crippen molar-refractivity contribution in [3.05, 3.63) is 56.8 Å². The van der Waals surface area contributed by atoms with Crippen LogP contribution < -0.4 is 30.2 Å². The summed E-state index contributed by atoms with van der Waals surface area (Å²) in [6.07, 6.45) is 0.799. The van der Waals surface area contributed by atoms with E-state index < -0.39 is 5.92 Å². The van der Waals surface area contributed by atoms with Crippen LogP contribution in [0.1, 0.15) is 29.2 Å². The number of aromatic nitrogens is 1. The second-order valence-electron chi connectivity index (χ2n) is 8.68. The van der Waals surface area contributed by atoms with Crippen molar-refractivity contribution in [3.63, 3.8) is 0 Å². The highest BCUT2D eigenvalue weighted by atomic mass is 16.5. The number of rotatable bonds is 8. The molecule has 0 radical (unpaired) electrons. The number of hydrogen-bond donors (Lipinski definition) is 1. The lowest BCUT2D eigenvalue weighted by Crippen LogP contribution is -2.38. The van der Waals surface area contributed by atoms with Crippen molar-refractivity contribution >= 4 is 0 Å². The molecule has 3 heterocycles. The zero-order valence-electron chi connectivity index (χ0n) is 21.1. The van der Waals surface area contributed by atoms with Gasteiger partial charge in [0.1, 0.15) is 17.4 Å². The number of methoxy groups -OCH3 is 3. The van der Waals surface area contributed by atoms with Crippen molar-refractivity contribution in [3.8, 4) is 29.1 Å². The molecule has 0 amide bonds. The summed E-state index contributed by atoms with van der Waals surface area (Å²) < 4.78 is 29.6. The average molecular weight is 497 g/mol. The molecule has 0 saturated carbocycles. The van der Waals surface area contributed by atoms with Crippen LogP contribution in [0.3, 0.4) is 0 Å². The Kier molecular flexibility index (Phi) is 7.72. The van der Waals surface area contributed by atoms with Crippen molar-refractivity contribution in [2.24, 2.45) is 5.73 Å². The van der Waals surface area contributed by atoms with Crippen LogP contribution in [0.25, 0.3) is 0 Å². The van der Waals surface area contributed by atoms with E-state index in [2.05, 4.69) is 11.0 Å². The highest BCUT2D eigenvalue weighted by Crippen LogP contribution is 2.48. The van der Waals surface area contributed by atoms with Crippen molar-refractivity contribution in [1.82, 2.24) is 9.47 Å². The second kappa shape index (κ2) is 10.9. The molecule has 10 nitrogen and oxygen atoms in total. The Labute approximate surface area is 210 Å². The Bertz CT molecular complexity index is 1260. The molecule has 36 heavy (non-hydrogen) atoms. The van der Waals surface area contributed by atoms with E-state index in [0.717, 1.165) is 45.0 Å². The number of fused-ring (bicyclic) bond motifs is 1. The van der Waals surface area contributed by atoms with E-state index in [4.69, 9.17) is 29.4 Å². The molecule has 4 rings (SSSR count). The van der Waals surface area contributed by atoms with Gasteiger partial charge in [-0.2, -0.15) is 5.26 Å². The third kappa shape index (κ3) is 4.59. The molecule has 2 aliphatic heterocycles. The summed E-state index contributed by atoms with van der Waals surface area (Å²) in [6, 6.07) is 7.41. The van der Waals surface area contributed by atoms with E-state index in [1.807, 2.05) is 6.92 Å². The second-order valence-corrected chi connectivity index (χ2v) is 8.68. The minimum Gasteiger partial charge on any atom is -0.493 e. The van der Waals surface area contributed by atoms with E-state index in [1.165, 1.54) is 21.3 Å². The smallest absolute Gasteiger partial charge is 0.258 e. The van der Waals surface area contributed by atoms with E-state index in [0.29, 0.717) is 40.7 Å². The Morgan fingerprint density at radius 2 is 1.83 bits per heavy atom. The number of morpholine rings is 1. The maximum Gasteiger partial charge on any atom is 0.258 e. The summed E-state index contributed by atoms with van der Waals surface area (Å²) >= 11 is 0. The molecule has 2 N–H and O–H groups in total. The fraction of sp³-hybridized carbons (Fsp3) is 0.462. The predicted octanol–water partition coefficient (Wildman–Crippen LogP) is 2.12. The third-order valence-electron chi connectivity index (χ3n) is 6.70. The van der Waals surface area contributed by atoms with Gasteiger partial charge in [0.05, 0.1) is 46.0 Å². The largest absolute Gasteiger partial charge is 0.493 e. The molecule has 0 bridgehead atoms. The number of aryl methyl sites for hydroxylation is 1. The number of nitriles is 1. The van der Waals surface area contributed by atoms with Crippen LogP contribution in [-0.4, -0.2) is 63.6 Å². The van der Waals surface area contributed by atoms with Crippen LogP contribution in [0.15, 0.2) is 34.4 Å². The van der Waals surface area contributed by atoms with E-state index in [-0.39, 0.29) is 17.0 Å². The van der Waals surface area contributed by atoms with Gasteiger partial charge in [-0.05, 0) is 19.4 Å². The fourth-order valence-electron chi connectivity index (χ4n) is 4.90. The zero-order valence-corrected chi connectivity index (χ0v) is 21.1. The topological polar surface area (TPSA) is 121 Å². The maximum atomic E-state index is 13.9. The number of pyridine rings is 1. The molecular formula is C26H32N4O6. The number of benzene rings is 1. The number of allylic oxidation sites excluding steroid dienone is 1. The molecule has 10 heteroatoms. The Balaban J connectivity index is 1.80. The standard InChI is InChI=1S/C26H32N4O6/c1-16-14-20-22(26(31)30(16)9-5-8-29-10-12-35-13-11-29)21(18(15-27)25(28)36-20)17-6-7-19(32-2)24(34-4)23(17)33-3/h6-7,14,21H,5,8-13,28H2,1-4H3. The first-order valence-electron chi connectivity index (χ1n) is 11.9. The first-order chi connectivity index (χ1) is 17.4. The molecule has 0 aliphatic carbocycles. The van der Waals surface area contributed by atoms with Crippen molar-refractivity contribution < 1.29 is 23.7 Å². The molecule has 1 unspecified atom stereocenters. The minimum absolute atomic E-state index is 0.0456. The van der Waals surface area contributed by atoms with Gasteiger partial charge in [-0.3, -0.25) is 9.69 Å².